The highest BCUT2D eigenvalue weighted by Gasteiger charge is 2.90. The first-order valence-corrected chi connectivity index (χ1v) is 16.5. The lowest BCUT2D eigenvalue weighted by molar-refractivity contribution is -0.316. The van der Waals surface area contributed by atoms with Crippen molar-refractivity contribution in [3.05, 3.63) is 47.0 Å². The highest BCUT2D eigenvalue weighted by atomic mass is 16.6. The molecule has 2 N–H and O–H groups in total. The number of ether oxygens (including phenoxy) is 5. The van der Waals surface area contributed by atoms with Gasteiger partial charge in [-0.05, 0) is 62.2 Å². The van der Waals surface area contributed by atoms with E-state index in [4.69, 9.17) is 28.1 Å². The second-order valence-corrected chi connectivity index (χ2v) is 15.0. The zero-order valence-corrected chi connectivity index (χ0v) is 29.0. The van der Waals surface area contributed by atoms with E-state index < -0.39 is 93.5 Å². The molecule has 0 spiro atoms. The summed E-state index contributed by atoms with van der Waals surface area (Å²) in [6, 6.07) is 1.65. The van der Waals surface area contributed by atoms with Gasteiger partial charge in [0.05, 0.1) is 19.6 Å². The van der Waals surface area contributed by atoms with Gasteiger partial charge >= 0.3 is 29.8 Å². The highest BCUT2D eigenvalue weighted by Crippen LogP contribution is 2.81. The maximum Gasteiger partial charge on any atom is 0.352 e. The van der Waals surface area contributed by atoms with Gasteiger partial charge in [0.25, 0.3) is 0 Å². The number of allylic oxidation sites excluding steroid dienone is 1. The van der Waals surface area contributed by atoms with Crippen molar-refractivity contribution in [1.29, 1.82) is 0 Å². The molecule has 5 aliphatic rings. The molecule has 6 rings (SSSR count). The number of aliphatic hydroxyl groups is 2. The topological polar surface area (TPSA) is 185 Å². The standard InChI is InChI=1S/C36H44O13/c1-9-17(2)29(40)49-31-33(6)16-35(42)34(7,22(33)14-23(39)44-8)21-10-12-32(5)25(24(21)28(36(31,35)43)47-19(4)38)26(46-18(3)37)30(41)48-27(32)20-11-13-45-15-20/h9,11,13,15,21-22,26-28,31,42-43H,10,12,14,16H2,1-8H3/b17-9+/t21-,22-,26+,27-,28-,31-,32+,33-,34+,35+,36+/m0/s1. The first kappa shape index (κ1) is 34.9. The van der Waals surface area contributed by atoms with Crippen LogP contribution in [0.25, 0.3) is 0 Å². The van der Waals surface area contributed by atoms with E-state index in [2.05, 4.69) is 0 Å². The van der Waals surface area contributed by atoms with Gasteiger partial charge in [0.1, 0.15) is 17.8 Å². The lowest BCUT2D eigenvalue weighted by Gasteiger charge is -2.68. The van der Waals surface area contributed by atoms with E-state index in [1.54, 1.807) is 26.8 Å². The molecule has 0 radical (unpaired) electrons. The molecule has 1 saturated heterocycles. The number of hydrogen-bond donors (Lipinski definition) is 2. The summed E-state index contributed by atoms with van der Waals surface area (Å²) < 4.78 is 34.2. The molecule has 13 nitrogen and oxygen atoms in total. The fourth-order valence-electron chi connectivity index (χ4n) is 10.6. The number of fused-ring (bicyclic) bond motifs is 4. The van der Waals surface area contributed by atoms with Gasteiger partial charge in [-0.25, -0.2) is 9.59 Å². The molecule has 0 unspecified atom stereocenters. The number of carbonyl (C=O) groups is 5. The van der Waals surface area contributed by atoms with Crippen molar-refractivity contribution < 1.29 is 62.3 Å². The van der Waals surface area contributed by atoms with Crippen molar-refractivity contribution in [2.24, 2.45) is 28.1 Å². The SMILES string of the molecule is C/C=C(\C)C(=O)O[C@H]1[C@@]2(C)C[C@@]3(O)[C@](C)([C@H]4CC[C@]5(C)C(=C4[C@H](OC(C)=O)[C@@]13O)[C@@H](OC(C)=O)C(=O)O[C@H]5c1ccoc1)[C@H]2CC(=O)OC. The van der Waals surface area contributed by atoms with Gasteiger partial charge in [-0.15, -0.1) is 0 Å². The molecular formula is C36H44O13. The molecule has 0 aromatic carbocycles. The van der Waals surface area contributed by atoms with Gasteiger partial charge in [0.2, 0.25) is 6.10 Å². The van der Waals surface area contributed by atoms with Crippen LogP contribution in [-0.4, -0.2) is 76.7 Å². The molecule has 2 heterocycles. The van der Waals surface area contributed by atoms with Crippen LogP contribution in [0, 0.1) is 28.1 Å². The van der Waals surface area contributed by atoms with Gasteiger partial charge in [-0.1, -0.05) is 26.8 Å². The lowest BCUT2D eigenvalue weighted by atomic mass is 9.40. The number of esters is 5. The van der Waals surface area contributed by atoms with Gasteiger partial charge in [0.15, 0.2) is 11.7 Å². The molecule has 1 aliphatic heterocycles. The molecule has 13 heteroatoms. The Balaban J connectivity index is 1.71. The van der Waals surface area contributed by atoms with Crippen LogP contribution in [0.4, 0.5) is 0 Å². The first-order valence-electron chi connectivity index (χ1n) is 16.5. The molecule has 0 amide bonds. The van der Waals surface area contributed by atoms with Crippen LogP contribution in [0.15, 0.2) is 45.8 Å². The molecule has 1 aromatic heterocycles. The van der Waals surface area contributed by atoms with Gasteiger partial charge in [-0.3, -0.25) is 14.4 Å². The van der Waals surface area contributed by atoms with Crippen molar-refractivity contribution >= 4 is 29.8 Å². The summed E-state index contributed by atoms with van der Waals surface area (Å²) in [6.07, 6.45) is -0.907. The zero-order chi connectivity index (χ0) is 36.1. The maximum atomic E-state index is 13.9. The second kappa shape index (κ2) is 11.3. The molecule has 49 heavy (non-hydrogen) atoms. The maximum absolute atomic E-state index is 13.9. The summed E-state index contributed by atoms with van der Waals surface area (Å²) in [5.41, 5.74) is -6.93. The van der Waals surface area contributed by atoms with Gasteiger partial charge in [-0.2, -0.15) is 0 Å². The molecule has 11 atom stereocenters. The van der Waals surface area contributed by atoms with Crippen LogP contribution in [0.1, 0.15) is 85.8 Å². The minimum atomic E-state index is -2.48. The van der Waals surface area contributed by atoms with Crippen molar-refractivity contribution in [1.82, 2.24) is 0 Å². The van der Waals surface area contributed by atoms with Crippen LogP contribution in [0.3, 0.4) is 0 Å². The van der Waals surface area contributed by atoms with Crippen molar-refractivity contribution in [3.8, 4) is 0 Å². The third-order valence-corrected chi connectivity index (χ3v) is 12.6. The Morgan fingerprint density at radius 3 is 2.29 bits per heavy atom. The fourth-order valence-corrected chi connectivity index (χ4v) is 10.6. The number of methoxy groups -OCH3 is 1. The zero-order valence-electron chi connectivity index (χ0n) is 29.0. The van der Waals surface area contributed by atoms with E-state index in [9.17, 15) is 34.2 Å². The summed E-state index contributed by atoms with van der Waals surface area (Å²) in [6.45, 7) is 10.9. The van der Waals surface area contributed by atoms with Crippen LogP contribution in [0.5, 0.6) is 0 Å². The number of cyclic esters (lactones) is 1. The molecule has 266 valence electrons. The number of hydrogen-bond acceptors (Lipinski definition) is 13. The number of furan rings is 1. The van der Waals surface area contributed by atoms with Crippen LogP contribution >= 0.6 is 0 Å². The van der Waals surface area contributed by atoms with Crippen molar-refractivity contribution in [3.63, 3.8) is 0 Å². The predicted molar refractivity (Wildman–Crippen MR) is 167 cm³/mol. The summed E-state index contributed by atoms with van der Waals surface area (Å²) in [4.78, 5) is 66.0. The minimum absolute atomic E-state index is 0.108. The Kier molecular flexibility index (Phi) is 8.03. The Morgan fingerprint density at radius 2 is 1.71 bits per heavy atom. The fraction of sp³-hybridized carbons (Fsp3) is 0.639. The molecule has 3 saturated carbocycles. The van der Waals surface area contributed by atoms with Crippen LogP contribution in [-0.2, 0) is 47.7 Å². The van der Waals surface area contributed by atoms with E-state index in [1.165, 1.54) is 32.6 Å². The van der Waals surface area contributed by atoms with E-state index in [1.807, 2.05) is 6.92 Å². The molecule has 2 bridgehead atoms. The number of carbonyl (C=O) groups excluding carboxylic acids is 5. The normalized spacial score (nSPS) is 42.1. The summed E-state index contributed by atoms with van der Waals surface area (Å²) in [5, 5.41) is 26.3. The summed E-state index contributed by atoms with van der Waals surface area (Å²) >= 11 is 0. The third-order valence-electron chi connectivity index (χ3n) is 12.6. The lowest BCUT2D eigenvalue weighted by Crippen LogP contribution is -2.80. The monoisotopic (exact) mass is 684 g/mol. The van der Waals surface area contributed by atoms with E-state index in [0.29, 0.717) is 18.4 Å². The second-order valence-electron chi connectivity index (χ2n) is 15.0. The first-order chi connectivity index (χ1) is 22.9. The average Bonchev–Trinajstić information content (AvgIpc) is 3.68. The predicted octanol–water partition coefficient (Wildman–Crippen LogP) is 3.42. The van der Waals surface area contributed by atoms with Crippen molar-refractivity contribution in [2.45, 2.75) is 110 Å². The summed E-state index contributed by atoms with van der Waals surface area (Å²) in [7, 11) is 1.25. The largest absolute Gasteiger partial charge is 0.472 e. The Labute approximate surface area is 283 Å². The Morgan fingerprint density at radius 1 is 1.04 bits per heavy atom. The quantitative estimate of drug-likeness (QED) is 0.184. The highest BCUT2D eigenvalue weighted by molar-refractivity contribution is 5.88. The molecule has 4 fully saturated rings. The average molecular weight is 685 g/mol. The molecular weight excluding hydrogens is 640 g/mol. The van der Waals surface area contributed by atoms with E-state index in [-0.39, 0.29) is 29.6 Å². The minimum Gasteiger partial charge on any atom is -0.472 e. The van der Waals surface area contributed by atoms with E-state index >= 15 is 0 Å². The van der Waals surface area contributed by atoms with Crippen LogP contribution in [0.2, 0.25) is 0 Å². The van der Waals surface area contributed by atoms with Gasteiger partial charge in [0, 0.05) is 47.6 Å². The molecule has 4 aliphatic carbocycles. The Bertz CT molecular complexity index is 1670. The molecule has 1 aromatic rings. The van der Waals surface area contributed by atoms with Crippen LogP contribution < -0.4 is 0 Å². The number of rotatable bonds is 7. The smallest absolute Gasteiger partial charge is 0.352 e. The van der Waals surface area contributed by atoms with Gasteiger partial charge < -0.3 is 38.3 Å². The van der Waals surface area contributed by atoms with Crippen molar-refractivity contribution in [2.75, 3.05) is 7.11 Å². The van der Waals surface area contributed by atoms with E-state index in [0.717, 1.165) is 13.8 Å². The summed E-state index contributed by atoms with van der Waals surface area (Å²) in [5.74, 6) is -5.28. The third kappa shape index (κ3) is 4.40. The Hall–Kier alpha value is -3.97.